The third-order valence-electron chi connectivity index (χ3n) is 6.15. The normalized spacial score (nSPS) is 15.3. The second-order valence-corrected chi connectivity index (χ2v) is 10.6. The summed E-state index contributed by atoms with van der Waals surface area (Å²) in [7, 11) is 0. The molecule has 0 unspecified atom stereocenters. The maximum absolute atomic E-state index is 12.9. The first-order valence-corrected chi connectivity index (χ1v) is 12.3. The number of carbonyl (C=O) groups excluding carboxylic acids is 1. The predicted molar refractivity (Wildman–Crippen MR) is 139 cm³/mol. The first-order valence-electron chi connectivity index (χ1n) is 12.0. The Labute approximate surface area is 210 Å². The quantitative estimate of drug-likeness (QED) is 0.391. The van der Waals surface area contributed by atoms with Gasteiger partial charge in [0, 0.05) is 52.5 Å². The molecule has 5 rings (SSSR count). The fraction of sp³-hybridized carbons (Fsp3) is 0.385. The second kappa shape index (κ2) is 9.43. The fourth-order valence-corrected chi connectivity index (χ4v) is 4.35. The van der Waals surface area contributed by atoms with Gasteiger partial charge in [-0.3, -0.25) is 9.78 Å². The van der Waals surface area contributed by atoms with E-state index in [9.17, 15) is 4.79 Å². The van der Waals surface area contributed by atoms with E-state index in [1.165, 1.54) is 5.56 Å². The van der Waals surface area contributed by atoms with Crippen LogP contribution < -0.4 is 21.3 Å². The number of fused-ring (bicyclic) bond motifs is 1. The monoisotopic (exact) mass is 491 g/mol. The van der Waals surface area contributed by atoms with Gasteiger partial charge < -0.3 is 21.3 Å². The van der Waals surface area contributed by atoms with Crippen LogP contribution in [-0.4, -0.2) is 33.4 Å². The molecular formula is C26H30ClN7O. The first kappa shape index (κ1) is 23.5. The van der Waals surface area contributed by atoms with Crippen molar-refractivity contribution >= 4 is 40.6 Å². The lowest BCUT2D eigenvalue weighted by Gasteiger charge is -2.20. The highest BCUT2D eigenvalue weighted by atomic mass is 35.5. The Morgan fingerprint density at radius 2 is 1.94 bits per heavy atom. The van der Waals surface area contributed by atoms with Gasteiger partial charge in [0.25, 0.3) is 5.91 Å². The molecule has 1 fully saturated rings. The van der Waals surface area contributed by atoms with Crippen LogP contribution in [0.2, 0.25) is 5.02 Å². The Kier molecular flexibility index (Phi) is 6.34. The predicted octanol–water partition coefficient (Wildman–Crippen LogP) is 4.85. The van der Waals surface area contributed by atoms with Crippen LogP contribution in [-0.2, 0) is 18.4 Å². The third-order valence-corrected chi connectivity index (χ3v) is 6.49. The number of amides is 1. The van der Waals surface area contributed by atoms with Crippen LogP contribution in [0.3, 0.4) is 0 Å². The van der Waals surface area contributed by atoms with Gasteiger partial charge in [-0.25, -0.2) is 4.98 Å². The van der Waals surface area contributed by atoms with Crippen molar-refractivity contribution in [1.29, 1.82) is 0 Å². The summed E-state index contributed by atoms with van der Waals surface area (Å²) < 4.78 is 0. The number of hydrogen-bond acceptors (Lipinski definition) is 7. The SMILES string of the molecule is CC(C)(C)c1cc(Nc2nc(Nc3cc(Cl)c4c(c3)CNCC4)ncc2C(=O)NC2CC2)ccn1. The molecule has 1 aliphatic heterocycles. The highest BCUT2D eigenvalue weighted by Gasteiger charge is 2.26. The third kappa shape index (κ3) is 5.55. The maximum Gasteiger partial charge on any atom is 0.256 e. The summed E-state index contributed by atoms with van der Waals surface area (Å²) in [6, 6.07) is 8.04. The van der Waals surface area contributed by atoms with Crippen LogP contribution in [0, 0.1) is 0 Å². The minimum atomic E-state index is -0.186. The molecule has 1 amide bonds. The molecule has 3 aromatic rings. The number of aromatic nitrogens is 3. The van der Waals surface area contributed by atoms with Gasteiger partial charge in [0.15, 0.2) is 0 Å². The Hall–Kier alpha value is -3.23. The smallest absolute Gasteiger partial charge is 0.256 e. The topological polar surface area (TPSA) is 104 Å². The summed E-state index contributed by atoms with van der Waals surface area (Å²) in [4.78, 5) is 26.5. The molecule has 8 nitrogen and oxygen atoms in total. The molecule has 0 saturated heterocycles. The molecule has 1 aromatic carbocycles. The molecular weight excluding hydrogens is 462 g/mol. The van der Waals surface area contributed by atoms with E-state index in [1.807, 2.05) is 18.2 Å². The van der Waals surface area contributed by atoms with E-state index < -0.39 is 0 Å². The number of hydrogen-bond donors (Lipinski definition) is 4. The highest BCUT2D eigenvalue weighted by molar-refractivity contribution is 6.31. The Morgan fingerprint density at radius 3 is 2.71 bits per heavy atom. The van der Waals surface area contributed by atoms with E-state index in [0.29, 0.717) is 17.3 Å². The Morgan fingerprint density at radius 1 is 1.11 bits per heavy atom. The average molecular weight is 492 g/mol. The molecule has 3 heterocycles. The van der Waals surface area contributed by atoms with Crippen LogP contribution in [0.15, 0.2) is 36.7 Å². The van der Waals surface area contributed by atoms with Crippen LogP contribution in [0.5, 0.6) is 0 Å². The Bertz CT molecular complexity index is 1270. The fourth-order valence-electron chi connectivity index (χ4n) is 4.02. The molecule has 9 heteroatoms. The molecule has 0 spiro atoms. The second-order valence-electron chi connectivity index (χ2n) is 10.2. The van der Waals surface area contributed by atoms with E-state index in [1.54, 1.807) is 12.4 Å². The number of rotatable bonds is 6. The zero-order valence-corrected chi connectivity index (χ0v) is 21.0. The van der Waals surface area contributed by atoms with Crippen molar-refractivity contribution < 1.29 is 4.79 Å². The minimum Gasteiger partial charge on any atom is -0.349 e. The lowest BCUT2D eigenvalue weighted by atomic mass is 9.91. The van der Waals surface area contributed by atoms with Crippen LogP contribution >= 0.6 is 11.6 Å². The van der Waals surface area contributed by atoms with Gasteiger partial charge in [0.2, 0.25) is 5.95 Å². The van der Waals surface area contributed by atoms with Crippen LogP contribution in [0.4, 0.5) is 23.1 Å². The lowest BCUT2D eigenvalue weighted by Crippen LogP contribution is -2.26. The summed E-state index contributed by atoms with van der Waals surface area (Å²) >= 11 is 6.55. The molecule has 0 radical (unpaired) electrons. The summed E-state index contributed by atoms with van der Waals surface area (Å²) in [5.41, 5.74) is 5.18. The van der Waals surface area contributed by atoms with Gasteiger partial charge in [-0.2, -0.15) is 4.98 Å². The summed E-state index contributed by atoms with van der Waals surface area (Å²) in [6.45, 7) is 8.03. The average Bonchev–Trinajstić information content (AvgIpc) is 3.63. The number of anilines is 4. The molecule has 1 aliphatic carbocycles. The van der Waals surface area contributed by atoms with Crippen molar-refractivity contribution in [2.24, 2.45) is 0 Å². The largest absolute Gasteiger partial charge is 0.349 e. The van der Waals surface area contributed by atoms with Crippen molar-refractivity contribution in [1.82, 2.24) is 25.6 Å². The number of pyridine rings is 1. The zero-order chi connectivity index (χ0) is 24.6. The van der Waals surface area contributed by atoms with Gasteiger partial charge in [-0.05, 0) is 61.2 Å². The first-order chi connectivity index (χ1) is 16.8. The van der Waals surface area contributed by atoms with Crippen LogP contribution in [0.25, 0.3) is 0 Å². The molecule has 0 atom stereocenters. The van der Waals surface area contributed by atoms with Gasteiger partial charge >= 0.3 is 0 Å². The van der Waals surface area contributed by atoms with Gasteiger partial charge in [0.1, 0.15) is 11.4 Å². The van der Waals surface area contributed by atoms with Gasteiger partial charge in [-0.1, -0.05) is 32.4 Å². The molecule has 2 aliphatic rings. The minimum absolute atomic E-state index is 0.108. The van der Waals surface area contributed by atoms with Crippen LogP contribution in [0.1, 0.15) is 60.8 Å². The molecule has 0 bridgehead atoms. The number of nitrogens with zero attached hydrogens (tertiary/aromatic N) is 3. The molecule has 35 heavy (non-hydrogen) atoms. The number of nitrogens with one attached hydrogen (secondary N) is 4. The lowest BCUT2D eigenvalue weighted by molar-refractivity contribution is 0.0951. The van der Waals surface area contributed by atoms with Gasteiger partial charge in [0.05, 0.1) is 0 Å². The van der Waals surface area contributed by atoms with Crippen molar-refractivity contribution in [2.75, 3.05) is 17.2 Å². The van der Waals surface area contributed by atoms with Crippen molar-refractivity contribution in [3.63, 3.8) is 0 Å². The maximum atomic E-state index is 12.9. The highest BCUT2D eigenvalue weighted by Crippen LogP contribution is 2.30. The molecule has 2 aromatic heterocycles. The summed E-state index contributed by atoms with van der Waals surface area (Å²) in [5.74, 6) is 0.618. The number of carbonyl (C=O) groups is 1. The van der Waals surface area contributed by atoms with E-state index in [2.05, 4.69) is 63.1 Å². The van der Waals surface area contributed by atoms with Crippen molar-refractivity contribution in [2.45, 2.75) is 58.0 Å². The molecule has 4 N–H and O–H groups in total. The van der Waals surface area contributed by atoms with E-state index in [-0.39, 0.29) is 17.4 Å². The van der Waals surface area contributed by atoms with Crippen molar-refractivity contribution in [3.8, 4) is 0 Å². The Balaban J connectivity index is 1.46. The summed E-state index contributed by atoms with van der Waals surface area (Å²) in [5, 5.41) is 13.7. The molecule has 182 valence electrons. The zero-order valence-electron chi connectivity index (χ0n) is 20.2. The van der Waals surface area contributed by atoms with Gasteiger partial charge in [-0.15, -0.1) is 0 Å². The van der Waals surface area contributed by atoms with Crippen molar-refractivity contribution in [3.05, 3.63) is 64.1 Å². The molecule has 1 saturated carbocycles. The standard InChI is InChI=1S/C26H30ClN7O/c1-26(2,3)22-12-17(6-9-29-22)31-23-20(24(35)32-16-4-5-16)14-30-25(34-23)33-18-10-15-13-28-8-7-19(15)21(27)11-18/h6,9-12,14,16,28H,4-5,7-8,13H2,1-3H3,(H,32,35)(H2,29,30,31,33,34). The number of halogens is 1. The number of benzene rings is 1. The van der Waals surface area contributed by atoms with E-state index in [0.717, 1.165) is 60.0 Å². The van der Waals surface area contributed by atoms with E-state index >= 15 is 0 Å². The van der Waals surface area contributed by atoms with E-state index in [4.69, 9.17) is 11.6 Å². The summed E-state index contributed by atoms with van der Waals surface area (Å²) in [6.07, 6.45) is 6.23.